The van der Waals surface area contributed by atoms with Gasteiger partial charge in [-0.3, -0.25) is 4.79 Å². The van der Waals surface area contributed by atoms with Crippen molar-refractivity contribution >= 4 is 17.7 Å². The van der Waals surface area contributed by atoms with Gasteiger partial charge in [0.25, 0.3) is 6.43 Å². The molecule has 7 nitrogen and oxygen atoms in total. The molecule has 2 aliphatic rings. The molecule has 0 saturated carbocycles. The molecule has 6 rings (SSSR count). The van der Waals surface area contributed by atoms with E-state index in [0.717, 1.165) is 22.3 Å². The number of ether oxygens (including phenoxy) is 3. The minimum absolute atomic E-state index is 0.110. The summed E-state index contributed by atoms with van der Waals surface area (Å²) in [4.78, 5) is 13.6. The van der Waals surface area contributed by atoms with Crippen LogP contribution in [0.4, 0.5) is 19.0 Å². The third kappa shape index (κ3) is 5.49. The Labute approximate surface area is 240 Å². The SMILES string of the molecule is Cc1cc(Oc2ccccc2F)ccc1-n1ncc(C(=O)C2=Cc3cc(OCC(F)F)c(CC4COC4)cc3C2)c1N. The average Bonchev–Trinajstić information content (AvgIpc) is 3.53. The fourth-order valence-corrected chi connectivity index (χ4v) is 5.21. The molecular weight excluding hydrogens is 547 g/mol. The van der Waals surface area contributed by atoms with E-state index < -0.39 is 18.8 Å². The number of nitrogens with zero attached hydrogens (tertiary/aromatic N) is 2. The largest absolute Gasteiger partial charge is 0.487 e. The first-order chi connectivity index (χ1) is 20.3. The number of hydrogen-bond acceptors (Lipinski definition) is 6. The quantitative estimate of drug-likeness (QED) is 0.222. The van der Waals surface area contributed by atoms with Crippen molar-refractivity contribution in [2.24, 2.45) is 5.92 Å². The van der Waals surface area contributed by atoms with Crippen LogP contribution in [0.15, 0.2) is 66.4 Å². The Bertz CT molecular complexity index is 1690. The van der Waals surface area contributed by atoms with Crippen molar-refractivity contribution in [2.45, 2.75) is 26.2 Å². The Morgan fingerprint density at radius 2 is 1.95 bits per heavy atom. The molecule has 4 aromatic rings. The predicted molar refractivity (Wildman–Crippen MR) is 151 cm³/mol. The van der Waals surface area contributed by atoms with E-state index in [9.17, 15) is 18.0 Å². The first-order valence-electron chi connectivity index (χ1n) is 13.5. The molecule has 0 unspecified atom stereocenters. The van der Waals surface area contributed by atoms with Gasteiger partial charge in [0.2, 0.25) is 0 Å². The second-order valence-electron chi connectivity index (χ2n) is 10.5. The minimum Gasteiger partial charge on any atom is -0.487 e. The maximum absolute atomic E-state index is 14.0. The zero-order chi connectivity index (χ0) is 29.4. The first kappa shape index (κ1) is 27.6. The van der Waals surface area contributed by atoms with E-state index in [-0.39, 0.29) is 22.9 Å². The van der Waals surface area contributed by atoms with E-state index in [2.05, 4.69) is 5.10 Å². The molecule has 1 aliphatic carbocycles. The molecular formula is C32H28F3N3O4. The molecule has 216 valence electrons. The lowest BCUT2D eigenvalue weighted by atomic mass is 9.94. The Morgan fingerprint density at radius 1 is 1.14 bits per heavy atom. The number of Topliss-reactive ketones (excluding diaryl/α,β-unsaturated/α-hetero) is 1. The summed E-state index contributed by atoms with van der Waals surface area (Å²) in [6.07, 6.45) is 1.62. The van der Waals surface area contributed by atoms with Crippen LogP contribution in [0.2, 0.25) is 0 Å². The monoisotopic (exact) mass is 575 g/mol. The number of carbonyl (C=O) groups is 1. The number of aryl methyl sites for hydroxylation is 1. The molecule has 0 radical (unpaired) electrons. The molecule has 42 heavy (non-hydrogen) atoms. The lowest BCUT2D eigenvalue weighted by Gasteiger charge is -2.27. The highest BCUT2D eigenvalue weighted by Crippen LogP contribution is 2.36. The summed E-state index contributed by atoms with van der Waals surface area (Å²) in [5, 5.41) is 4.37. The number of allylic oxidation sites excluding steroid dienone is 1. The van der Waals surface area contributed by atoms with Crippen LogP contribution in [0.25, 0.3) is 11.8 Å². The van der Waals surface area contributed by atoms with Gasteiger partial charge >= 0.3 is 0 Å². The van der Waals surface area contributed by atoms with Crippen LogP contribution in [-0.2, 0) is 17.6 Å². The van der Waals surface area contributed by atoms with E-state index >= 15 is 0 Å². The summed E-state index contributed by atoms with van der Waals surface area (Å²) in [6.45, 7) is 2.38. The molecule has 1 saturated heterocycles. The van der Waals surface area contributed by atoms with E-state index in [4.69, 9.17) is 19.9 Å². The highest BCUT2D eigenvalue weighted by molar-refractivity contribution is 6.15. The Morgan fingerprint density at radius 3 is 2.67 bits per heavy atom. The number of halogens is 3. The van der Waals surface area contributed by atoms with Crippen molar-refractivity contribution < 1.29 is 32.2 Å². The lowest BCUT2D eigenvalue weighted by Crippen LogP contribution is -2.29. The summed E-state index contributed by atoms with van der Waals surface area (Å²) in [5.74, 6) is 0.698. The van der Waals surface area contributed by atoms with Crippen LogP contribution < -0.4 is 15.2 Å². The smallest absolute Gasteiger partial charge is 0.272 e. The van der Waals surface area contributed by atoms with Crippen molar-refractivity contribution in [3.8, 4) is 22.9 Å². The molecule has 1 aromatic heterocycles. The summed E-state index contributed by atoms with van der Waals surface area (Å²) in [5.41, 5.74) is 11.1. The van der Waals surface area contributed by atoms with Gasteiger partial charge in [0.15, 0.2) is 17.3 Å². The Balaban J connectivity index is 1.22. The number of ketones is 1. The molecule has 2 N–H and O–H groups in total. The second-order valence-corrected chi connectivity index (χ2v) is 10.5. The molecule has 2 heterocycles. The number of alkyl halides is 2. The van der Waals surface area contributed by atoms with Crippen LogP contribution >= 0.6 is 0 Å². The number of benzene rings is 3. The third-order valence-corrected chi connectivity index (χ3v) is 7.42. The first-order valence-corrected chi connectivity index (χ1v) is 13.5. The van der Waals surface area contributed by atoms with Gasteiger partial charge in [0.1, 0.15) is 23.9 Å². The van der Waals surface area contributed by atoms with Crippen molar-refractivity contribution in [1.82, 2.24) is 9.78 Å². The molecule has 3 aromatic carbocycles. The molecule has 1 fully saturated rings. The lowest BCUT2D eigenvalue weighted by molar-refractivity contribution is -0.0315. The van der Waals surface area contributed by atoms with Crippen LogP contribution in [0.5, 0.6) is 17.2 Å². The van der Waals surface area contributed by atoms with Gasteiger partial charge in [-0.15, -0.1) is 0 Å². The van der Waals surface area contributed by atoms with Crippen LogP contribution in [-0.4, -0.2) is 41.8 Å². The number of nitrogens with two attached hydrogens (primary N) is 1. The van der Waals surface area contributed by atoms with Crippen LogP contribution in [0.3, 0.4) is 0 Å². The summed E-state index contributed by atoms with van der Waals surface area (Å²) >= 11 is 0. The van der Waals surface area contributed by atoms with Crippen LogP contribution in [0.1, 0.15) is 32.6 Å². The number of aromatic nitrogens is 2. The zero-order valence-corrected chi connectivity index (χ0v) is 22.8. The summed E-state index contributed by atoms with van der Waals surface area (Å²) in [6, 6.07) is 15.0. The normalized spacial score (nSPS) is 14.5. The average molecular weight is 576 g/mol. The third-order valence-electron chi connectivity index (χ3n) is 7.42. The molecule has 0 spiro atoms. The number of nitrogen functional groups attached to an aromatic ring is 1. The summed E-state index contributed by atoms with van der Waals surface area (Å²) < 4.78 is 57.6. The number of carbonyl (C=O) groups excluding carboxylic acids is 1. The topological polar surface area (TPSA) is 88.6 Å². The zero-order valence-electron chi connectivity index (χ0n) is 22.8. The van der Waals surface area contributed by atoms with Gasteiger partial charge in [-0.25, -0.2) is 17.9 Å². The van der Waals surface area contributed by atoms with Crippen LogP contribution in [0, 0.1) is 18.7 Å². The number of para-hydroxylation sites is 1. The van der Waals surface area contributed by atoms with Gasteiger partial charge < -0.3 is 19.9 Å². The summed E-state index contributed by atoms with van der Waals surface area (Å²) in [7, 11) is 0. The van der Waals surface area contributed by atoms with E-state index in [1.807, 2.05) is 13.0 Å². The fraction of sp³-hybridized carbons (Fsp3) is 0.250. The molecule has 10 heteroatoms. The number of fused-ring (bicyclic) bond motifs is 1. The number of rotatable bonds is 10. The minimum atomic E-state index is -2.59. The van der Waals surface area contributed by atoms with E-state index in [1.165, 1.54) is 16.9 Å². The number of anilines is 1. The maximum atomic E-state index is 14.0. The fourth-order valence-electron chi connectivity index (χ4n) is 5.21. The van der Waals surface area contributed by atoms with Gasteiger partial charge in [0.05, 0.1) is 30.7 Å². The van der Waals surface area contributed by atoms with Crippen molar-refractivity contribution in [2.75, 3.05) is 25.6 Å². The van der Waals surface area contributed by atoms with Gasteiger partial charge in [-0.1, -0.05) is 18.2 Å². The highest BCUT2D eigenvalue weighted by Gasteiger charge is 2.27. The molecule has 0 atom stereocenters. The van der Waals surface area contributed by atoms with E-state index in [0.29, 0.717) is 54.7 Å². The maximum Gasteiger partial charge on any atom is 0.272 e. The number of hydrogen-bond donors (Lipinski definition) is 1. The van der Waals surface area contributed by atoms with Crippen molar-refractivity contribution in [3.63, 3.8) is 0 Å². The van der Waals surface area contributed by atoms with Gasteiger partial charge in [-0.05, 0) is 78.1 Å². The molecule has 1 aliphatic heterocycles. The highest BCUT2D eigenvalue weighted by atomic mass is 19.3. The second kappa shape index (κ2) is 11.4. The standard InChI is InChI=1S/C32H28F3N3O4/c1-18-8-24(42-28-5-3-2-4-26(28)33)6-7-27(18)38-32(36)25(14-37-38)31(39)23-11-20-10-22(9-19-15-40-16-19)29(13-21(20)12-23)41-17-30(34)35/h2-8,10,12-14,19,30H,9,11,15-17,36H2,1H3. The molecule has 0 amide bonds. The van der Waals surface area contributed by atoms with Gasteiger partial charge in [0, 0.05) is 17.9 Å². The van der Waals surface area contributed by atoms with Crippen molar-refractivity contribution in [1.29, 1.82) is 0 Å². The Hall–Kier alpha value is -4.57. The van der Waals surface area contributed by atoms with Crippen molar-refractivity contribution in [3.05, 3.63) is 100 Å². The van der Waals surface area contributed by atoms with Gasteiger partial charge in [-0.2, -0.15) is 5.10 Å². The van der Waals surface area contributed by atoms with E-state index in [1.54, 1.807) is 48.5 Å². The predicted octanol–water partition coefficient (Wildman–Crippen LogP) is 6.35. The molecule has 0 bridgehead atoms. The Kier molecular flexibility index (Phi) is 7.47.